The number of rotatable bonds is 8. The highest BCUT2D eigenvalue weighted by atomic mass is 19.1. The smallest absolute Gasteiger partial charge is 0.257 e. The lowest BCUT2D eigenvalue weighted by atomic mass is 10.1. The summed E-state index contributed by atoms with van der Waals surface area (Å²) in [5, 5.41) is 13.2. The van der Waals surface area contributed by atoms with Crippen LogP contribution in [0.4, 0.5) is 13.2 Å². The fourth-order valence-corrected chi connectivity index (χ4v) is 4.62. The average Bonchev–Trinajstić information content (AvgIpc) is 3.07. The van der Waals surface area contributed by atoms with Crippen molar-refractivity contribution in [2.45, 2.75) is 38.1 Å². The quantitative estimate of drug-likeness (QED) is 0.424. The number of aliphatic hydroxyl groups is 1. The summed E-state index contributed by atoms with van der Waals surface area (Å²) in [6.45, 7) is 0.265. The Morgan fingerprint density at radius 1 is 1.18 bits per heavy atom. The fraction of sp³-hybridized carbons (Fsp3) is 0.321. The first-order chi connectivity index (χ1) is 18.7. The van der Waals surface area contributed by atoms with E-state index in [1.54, 1.807) is 30.3 Å². The average molecular weight is 544 g/mol. The van der Waals surface area contributed by atoms with Crippen molar-refractivity contribution in [3.05, 3.63) is 98.7 Å². The normalized spacial score (nSPS) is 17.9. The van der Waals surface area contributed by atoms with E-state index in [4.69, 9.17) is 4.74 Å². The van der Waals surface area contributed by atoms with E-state index in [0.717, 1.165) is 6.20 Å². The van der Waals surface area contributed by atoms with Crippen LogP contribution in [0.1, 0.15) is 50.9 Å². The zero-order valence-electron chi connectivity index (χ0n) is 21.2. The molecule has 0 aliphatic carbocycles. The van der Waals surface area contributed by atoms with Gasteiger partial charge < -0.3 is 24.6 Å². The zero-order chi connectivity index (χ0) is 28.1. The predicted octanol–water partition coefficient (Wildman–Crippen LogP) is 3.21. The molecule has 39 heavy (non-hydrogen) atoms. The second-order valence-corrected chi connectivity index (χ2v) is 9.46. The molecular formula is C28H28F3N3O5. The van der Waals surface area contributed by atoms with Crippen LogP contribution < -0.4 is 15.5 Å². The Bertz CT molecular complexity index is 1390. The molecule has 0 saturated carbocycles. The van der Waals surface area contributed by atoms with Crippen molar-refractivity contribution in [1.82, 2.24) is 14.8 Å². The van der Waals surface area contributed by atoms with E-state index in [1.165, 1.54) is 4.57 Å². The SMILES string of the molecule is CN1CCCC(O)C(n2cc(C(=O)NCc3c(F)cc(F)cc3F)c(=O)c(OCc3ccccc3)c2C=O)C1. The van der Waals surface area contributed by atoms with Crippen molar-refractivity contribution in [3.63, 3.8) is 0 Å². The molecule has 3 aromatic rings. The van der Waals surface area contributed by atoms with Gasteiger partial charge >= 0.3 is 0 Å². The Hall–Kier alpha value is -3.96. The number of carbonyl (C=O) groups is 2. The van der Waals surface area contributed by atoms with E-state index in [2.05, 4.69) is 5.32 Å². The van der Waals surface area contributed by atoms with Gasteiger partial charge in [0.05, 0.1) is 12.1 Å². The first-order valence-corrected chi connectivity index (χ1v) is 12.4. The van der Waals surface area contributed by atoms with Gasteiger partial charge in [0.15, 0.2) is 12.0 Å². The van der Waals surface area contributed by atoms with Crippen LogP contribution in [0.25, 0.3) is 0 Å². The molecule has 206 valence electrons. The maximum Gasteiger partial charge on any atom is 0.257 e. The number of nitrogens with zero attached hydrogens (tertiary/aromatic N) is 2. The molecule has 0 spiro atoms. The summed E-state index contributed by atoms with van der Waals surface area (Å²) in [5.74, 6) is -4.88. The Balaban J connectivity index is 1.75. The Morgan fingerprint density at radius 2 is 1.87 bits per heavy atom. The van der Waals surface area contributed by atoms with E-state index in [1.807, 2.05) is 11.9 Å². The first kappa shape index (κ1) is 28.1. The van der Waals surface area contributed by atoms with Crippen molar-refractivity contribution in [2.24, 2.45) is 0 Å². The maximum atomic E-state index is 14.1. The molecule has 0 bridgehead atoms. The topological polar surface area (TPSA) is 101 Å². The van der Waals surface area contributed by atoms with Gasteiger partial charge in [-0.05, 0) is 32.0 Å². The highest BCUT2D eigenvalue weighted by Crippen LogP contribution is 2.26. The van der Waals surface area contributed by atoms with Gasteiger partial charge in [-0.2, -0.15) is 0 Å². The van der Waals surface area contributed by atoms with Crippen LogP contribution >= 0.6 is 0 Å². The van der Waals surface area contributed by atoms with Gasteiger partial charge in [-0.25, -0.2) is 13.2 Å². The molecule has 2 heterocycles. The molecule has 2 aromatic carbocycles. The number of nitrogens with one attached hydrogen (secondary N) is 1. The monoisotopic (exact) mass is 543 g/mol. The minimum absolute atomic E-state index is 0.0822. The number of benzene rings is 2. The lowest BCUT2D eigenvalue weighted by Crippen LogP contribution is -2.37. The van der Waals surface area contributed by atoms with Crippen LogP contribution in [-0.2, 0) is 13.2 Å². The second kappa shape index (κ2) is 12.3. The number of aldehydes is 1. The van der Waals surface area contributed by atoms with Crippen LogP contribution in [0.2, 0.25) is 0 Å². The third kappa shape index (κ3) is 6.37. The molecule has 0 radical (unpaired) electrons. The van der Waals surface area contributed by atoms with E-state index in [0.29, 0.717) is 49.9 Å². The number of aromatic nitrogens is 1. The van der Waals surface area contributed by atoms with Gasteiger partial charge in [-0.1, -0.05) is 30.3 Å². The van der Waals surface area contributed by atoms with Crippen LogP contribution in [0.3, 0.4) is 0 Å². The Labute approximate surface area is 222 Å². The molecule has 1 amide bonds. The van der Waals surface area contributed by atoms with Gasteiger partial charge in [-0.15, -0.1) is 0 Å². The number of carbonyl (C=O) groups excluding carboxylic acids is 2. The number of aliphatic hydroxyl groups excluding tert-OH is 1. The summed E-state index contributed by atoms with van der Waals surface area (Å²) in [6.07, 6.45) is 1.82. The highest BCUT2D eigenvalue weighted by molar-refractivity contribution is 5.95. The summed E-state index contributed by atoms with van der Waals surface area (Å²) in [5.41, 5.74) is -1.39. The number of amides is 1. The van der Waals surface area contributed by atoms with Crippen molar-refractivity contribution in [3.8, 4) is 5.75 Å². The minimum atomic E-state index is -1.20. The molecule has 8 nitrogen and oxygen atoms in total. The summed E-state index contributed by atoms with van der Waals surface area (Å²) in [7, 11) is 1.85. The predicted molar refractivity (Wildman–Crippen MR) is 136 cm³/mol. The van der Waals surface area contributed by atoms with E-state index >= 15 is 0 Å². The van der Waals surface area contributed by atoms with Crippen molar-refractivity contribution >= 4 is 12.2 Å². The van der Waals surface area contributed by atoms with Gasteiger partial charge in [0.2, 0.25) is 5.43 Å². The lowest BCUT2D eigenvalue weighted by molar-refractivity contribution is 0.0916. The van der Waals surface area contributed by atoms with Gasteiger partial charge in [0, 0.05) is 37.0 Å². The number of hydrogen-bond donors (Lipinski definition) is 2. The molecule has 1 saturated heterocycles. The van der Waals surface area contributed by atoms with Gasteiger partial charge in [0.1, 0.15) is 35.3 Å². The third-order valence-electron chi connectivity index (χ3n) is 6.68. The van der Waals surface area contributed by atoms with Crippen LogP contribution in [0.15, 0.2) is 53.5 Å². The molecule has 2 N–H and O–H groups in total. The lowest BCUT2D eigenvalue weighted by Gasteiger charge is -2.29. The first-order valence-electron chi connectivity index (χ1n) is 12.4. The van der Waals surface area contributed by atoms with E-state index in [9.17, 15) is 32.7 Å². The van der Waals surface area contributed by atoms with Crippen molar-refractivity contribution in [1.29, 1.82) is 0 Å². The third-order valence-corrected chi connectivity index (χ3v) is 6.68. The number of likely N-dealkylation sites (N-methyl/N-ethyl adjacent to an activating group) is 1. The minimum Gasteiger partial charge on any atom is -0.483 e. The number of pyridine rings is 1. The summed E-state index contributed by atoms with van der Waals surface area (Å²) < 4.78 is 48.6. The Morgan fingerprint density at radius 3 is 2.54 bits per heavy atom. The van der Waals surface area contributed by atoms with Crippen molar-refractivity contribution < 1.29 is 32.6 Å². The van der Waals surface area contributed by atoms with Crippen molar-refractivity contribution in [2.75, 3.05) is 20.1 Å². The van der Waals surface area contributed by atoms with E-state index in [-0.39, 0.29) is 18.1 Å². The summed E-state index contributed by atoms with van der Waals surface area (Å²) in [6, 6.07) is 9.12. The zero-order valence-corrected chi connectivity index (χ0v) is 21.2. The summed E-state index contributed by atoms with van der Waals surface area (Å²) >= 11 is 0. The number of ether oxygens (including phenoxy) is 1. The second-order valence-electron chi connectivity index (χ2n) is 9.46. The maximum absolute atomic E-state index is 14.1. The summed E-state index contributed by atoms with van der Waals surface area (Å²) in [4.78, 5) is 40.8. The molecule has 1 fully saturated rings. The molecule has 1 aliphatic rings. The molecule has 4 rings (SSSR count). The molecule has 1 aromatic heterocycles. The molecular weight excluding hydrogens is 515 g/mol. The van der Waals surface area contributed by atoms with E-state index < -0.39 is 58.6 Å². The van der Waals surface area contributed by atoms with Crippen LogP contribution in [-0.4, -0.2) is 53.0 Å². The largest absolute Gasteiger partial charge is 0.483 e. The molecule has 1 aliphatic heterocycles. The molecule has 2 unspecified atom stereocenters. The number of likely N-dealkylation sites (tertiary alicyclic amines) is 1. The van der Waals surface area contributed by atoms with Gasteiger partial charge in [0.25, 0.3) is 5.91 Å². The van der Waals surface area contributed by atoms with Crippen LogP contribution in [0, 0.1) is 17.5 Å². The molecule has 2 atom stereocenters. The standard InChI is InChI=1S/C28H28F3N3O5/c1-33-9-5-8-25(36)23(14-33)34-13-20(28(38)32-12-19-21(30)10-18(29)11-22(19)31)26(37)27(24(34)15-35)39-16-17-6-3-2-4-7-17/h2-4,6-7,10-11,13,15,23,25,36H,5,8-9,12,14,16H2,1H3,(H,32,38). The number of halogens is 3. The highest BCUT2D eigenvalue weighted by Gasteiger charge is 2.31. The van der Waals surface area contributed by atoms with Crippen LogP contribution in [0.5, 0.6) is 5.75 Å². The fourth-order valence-electron chi connectivity index (χ4n) is 4.62. The number of hydrogen-bond acceptors (Lipinski definition) is 6. The molecule has 11 heteroatoms. The van der Waals surface area contributed by atoms with Gasteiger partial charge in [-0.3, -0.25) is 14.4 Å². The Kier molecular flexibility index (Phi) is 8.82.